The van der Waals surface area contributed by atoms with Crippen LogP contribution in [0.25, 0.3) is 11.1 Å². The lowest BCUT2D eigenvalue weighted by Crippen LogP contribution is -2.47. The summed E-state index contributed by atoms with van der Waals surface area (Å²) in [4.78, 5) is 36.5. The molecule has 0 aromatic heterocycles. The highest BCUT2D eigenvalue weighted by atomic mass is 16.5. The number of fused-ring (bicyclic) bond motifs is 3. The molecule has 0 fully saturated rings. The molecule has 0 heterocycles. The number of hydrogen-bond donors (Lipinski definition) is 3. The monoisotopic (exact) mass is 466 g/mol. The molecule has 0 radical (unpaired) electrons. The number of carboxylic acids is 1. The van der Waals surface area contributed by atoms with Crippen LogP contribution in [0.1, 0.15) is 51.2 Å². The van der Waals surface area contributed by atoms with Gasteiger partial charge in [-0.3, -0.25) is 9.59 Å². The van der Waals surface area contributed by atoms with Gasteiger partial charge in [-0.25, -0.2) is 4.79 Å². The van der Waals surface area contributed by atoms with E-state index in [1.54, 1.807) is 13.8 Å². The van der Waals surface area contributed by atoms with Crippen LogP contribution in [0.2, 0.25) is 0 Å². The Morgan fingerprint density at radius 3 is 2.06 bits per heavy atom. The van der Waals surface area contributed by atoms with E-state index in [0.29, 0.717) is 6.42 Å². The average molecular weight is 467 g/mol. The number of rotatable bonds is 10. The van der Waals surface area contributed by atoms with Gasteiger partial charge in [0.15, 0.2) is 0 Å². The Hall–Kier alpha value is -3.35. The lowest BCUT2D eigenvalue weighted by molar-refractivity contribution is -0.142. The second-order valence-corrected chi connectivity index (χ2v) is 9.94. The molecule has 0 aliphatic heterocycles. The molecule has 0 saturated carbocycles. The van der Waals surface area contributed by atoms with E-state index < -0.39 is 23.4 Å². The predicted octanol–water partition coefficient (Wildman–Crippen LogP) is 4.41. The largest absolute Gasteiger partial charge is 0.481 e. The number of benzene rings is 2. The fourth-order valence-electron chi connectivity index (χ4n) is 4.32. The summed E-state index contributed by atoms with van der Waals surface area (Å²) >= 11 is 0. The van der Waals surface area contributed by atoms with Crippen molar-refractivity contribution < 1.29 is 24.2 Å². The van der Waals surface area contributed by atoms with Gasteiger partial charge in [0.25, 0.3) is 0 Å². The van der Waals surface area contributed by atoms with Gasteiger partial charge in [-0.05, 0) is 48.4 Å². The van der Waals surface area contributed by atoms with E-state index in [1.807, 2.05) is 38.1 Å². The third kappa shape index (κ3) is 5.95. The molecule has 1 aliphatic rings. The third-order valence-electron chi connectivity index (χ3n) is 6.25. The quantitative estimate of drug-likeness (QED) is 0.481. The zero-order valence-corrected chi connectivity index (χ0v) is 20.3. The normalized spacial score (nSPS) is 13.7. The van der Waals surface area contributed by atoms with E-state index in [0.717, 1.165) is 22.3 Å². The van der Waals surface area contributed by atoms with Gasteiger partial charge in [0.1, 0.15) is 6.61 Å². The molecular weight excluding hydrogens is 432 g/mol. The lowest BCUT2D eigenvalue weighted by atomic mass is 9.91. The van der Waals surface area contributed by atoms with E-state index in [4.69, 9.17) is 4.74 Å². The van der Waals surface area contributed by atoms with Crippen LogP contribution in [0.15, 0.2) is 48.5 Å². The molecule has 1 aliphatic carbocycles. The number of hydrogen-bond acceptors (Lipinski definition) is 4. The summed E-state index contributed by atoms with van der Waals surface area (Å²) in [6.07, 6.45) is -0.112. The number of carbonyl (C=O) groups excluding carboxylic acids is 2. The molecular formula is C27H34N2O5. The maximum absolute atomic E-state index is 12.6. The van der Waals surface area contributed by atoms with Gasteiger partial charge in [-0.15, -0.1) is 0 Å². The molecule has 7 heteroatoms. The minimum absolute atomic E-state index is 0.0385. The van der Waals surface area contributed by atoms with E-state index >= 15 is 0 Å². The number of carbonyl (C=O) groups is 3. The van der Waals surface area contributed by atoms with E-state index in [-0.39, 0.29) is 37.4 Å². The highest BCUT2D eigenvalue weighted by Gasteiger charge is 2.31. The van der Waals surface area contributed by atoms with Crippen molar-refractivity contribution in [3.8, 4) is 11.1 Å². The smallest absolute Gasteiger partial charge is 0.407 e. The van der Waals surface area contributed by atoms with Crippen molar-refractivity contribution in [1.29, 1.82) is 0 Å². The van der Waals surface area contributed by atoms with Crippen molar-refractivity contribution in [2.24, 2.45) is 17.3 Å². The molecule has 1 unspecified atom stereocenters. The third-order valence-corrected chi connectivity index (χ3v) is 6.25. The fourth-order valence-corrected chi connectivity index (χ4v) is 4.32. The first kappa shape index (κ1) is 25.3. The van der Waals surface area contributed by atoms with Crippen molar-refractivity contribution in [2.75, 3.05) is 19.7 Å². The Labute approximate surface area is 200 Å². The second-order valence-electron chi connectivity index (χ2n) is 9.94. The van der Waals surface area contributed by atoms with Gasteiger partial charge in [-0.2, -0.15) is 0 Å². The lowest BCUT2D eigenvalue weighted by Gasteiger charge is -2.25. The van der Waals surface area contributed by atoms with Crippen molar-refractivity contribution in [2.45, 2.75) is 40.0 Å². The molecule has 2 aromatic rings. The molecule has 34 heavy (non-hydrogen) atoms. The van der Waals surface area contributed by atoms with Gasteiger partial charge in [0.05, 0.1) is 11.3 Å². The highest BCUT2D eigenvalue weighted by Crippen LogP contribution is 2.44. The summed E-state index contributed by atoms with van der Waals surface area (Å²) in [5.74, 6) is -1.72. The molecule has 2 aromatic carbocycles. The Kier molecular flexibility index (Phi) is 7.97. The number of amides is 2. The fraction of sp³-hybridized carbons (Fsp3) is 0.444. The average Bonchev–Trinajstić information content (AvgIpc) is 3.12. The standard InChI is InChI=1S/C27H34N2O5/c1-17(2)13-18(24(30)31)14-28-25(32)27(3,4)16-29-26(33)34-15-23-21-11-7-5-9-19(21)20-10-6-8-12-22(20)23/h5-12,17-18,23H,13-16H2,1-4H3,(H,28,32)(H,29,33)(H,30,31). The summed E-state index contributed by atoms with van der Waals surface area (Å²) in [5.41, 5.74) is 3.65. The van der Waals surface area contributed by atoms with E-state index in [1.165, 1.54) is 0 Å². The molecule has 0 bridgehead atoms. The molecule has 2 amide bonds. The summed E-state index contributed by atoms with van der Waals surface area (Å²) in [6.45, 7) is 7.61. The zero-order chi connectivity index (χ0) is 24.9. The Morgan fingerprint density at radius 1 is 0.971 bits per heavy atom. The van der Waals surface area contributed by atoms with Crippen LogP contribution in [0.3, 0.4) is 0 Å². The number of aliphatic carboxylic acids is 1. The van der Waals surface area contributed by atoms with Gasteiger partial charge in [0, 0.05) is 19.0 Å². The molecule has 1 atom stereocenters. The maximum atomic E-state index is 12.6. The SMILES string of the molecule is CC(C)CC(CNC(=O)C(C)(C)CNC(=O)OCC1c2ccccc2-c2ccccc21)C(=O)O. The van der Waals surface area contributed by atoms with Gasteiger partial charge >= 0.3 is 12.1 Å². The predicted molar refractivity (Wildman–Crippen MR) is 130 cm³/mol. The first-order valence-corrected chi connectivity index (χ1v) is 11.7. The topological polar surface area (TPSA) is 105 Å². The van der Waals surface area contributed by atoms with Crippen LogP contribution >= 0.6 is 0 Å². The number of alkyl carbamates (subject to hydrolysis) is 1. The summed E-state index contributed by atoms with van der Waals surface area (Å²) in [5, 5.41) is 14.8. The van der Waals surface area contributed by atoms with Crippen molar-refractivity contribution >= 4 is 18.0 Å². The molecule has 3 rings (SSSR count). The Morgan fingerprint density at radius 2 is 1.53 bits per heavy atom. The van der Waals surface area contributed by atoms with Crippen LogP contribution < -0.4 is 10.6 Å². The number of ether oxygens (including phenoxy) is 1. The Bertz CT molecular complexity index is 1000. The Balaban J connectivity index is 1.52. The maximum Gasteiger partial charge on any atom is 0.407 e. The molecule has 0 spiro atoms. The van der Waals surface area contributed by atoms with Crippen LogP contribution in [0, 0.1) is 17.3 Å². The molecule has 182 valence electrons. The highest BCUT2D eigenvalue weighted by molar-refractivity contribution is 5.83. The summed E-state index contributed by atoms with van der Waals surface area (Å²) in [7, 11) is 0. The molecule has 7 nitrogen and oxygen atoms in total. The number of carboxylic acid groups (broad SMARTS) is 1. The van der Waals surface area contributed by atoms with Crippen molar-refractivity contribution in [3.05, 3.63) is 59.7 Å². The first-order chi connectivity index (χ1) is 16.1. The number of nitrogens with one attached hydrogen (secondary N) is 2. The minimum Gasteiger partial charge on any atom is -0.481 e. The van der Waals surface area contributed by atoms with Gasteiger partial charge < -0.3 is 20.5 Å². The second kappa shape index (κ2) is 10.7. The molecule has 0 saturated heterocycles. The van der Waals surface area contributed by atoms with Crippen LogP contribution in [0.4, 0.5) is 4.79 Å². The van der Waals surface area contributed by atoms with E-state index in [9.17, 15) is 19.5 Å². The molecule has 3 N–H and O–H groups in total. The first-order valence-electron chi connectivity index (χ1n) is 11.7. The summed E-state index contributed by atoms with van der Waals surface area (Å²) < 4.78 is 5.53. The van der Waals surface area contributed by atoms with Crippen molar-refractivity contribution in [1.82, 2.24) is 10.6 Å². The minimum atomic E-state index is -0.927. The van der Waals surface area contributed by atoms with Crippen LogP contribution in [-0.4, -0.2) is 42.8 Å². The zero-order valence-electron chi connectivity index (χ0n) is 20.3. The van der Waals surface area contributed by atoms with Crippen molar-refractivity contribution in [3.63, 3.8) is 0 Å². The summed E-state index contributed by atoms with van der Waals surface area (Å²) in [6, 6.07) is 16.2. The van der Waals surface area contributed by atoms with Crippen LogP contribution in [0.5, 0.6) is 0 Å². The van der Waals surface area contributed by atoms with E-state index in [2.05, 4.69) is 34.9 Å². The van der Waals surface area contributed by atoms with Gasteiger partial charge in [-0.1, -0.05) is 62.4 Å². The van der Waals surface area contributed by atoms with Crippen LogP contribution in [-0.2, 0) is 14.3 Å². The van der Waals surface area contributed by atoms with Gasteiger partial charge in [0.2, 0.25) is 5.91 Å².